The van der Waals surface area contributed by atoms with E-state index in [2.05, 4.69) is 15.9 Å². The van der Waals surface area contributed by atoms with Gasteiger partial charge in [0.25, 0.3) is 5.56 Å². The minimum absolute atomic E-state index is 0.0141. The topological polar surface area (TPSA) is 62.5 Å². The van der Waals surface area contributed by atoms with Crippen molar-refractivity contribution in [2.75, 3.05) is 20.2 Å². The van der Waals surface area contributed by atoms with Gasteiger partial charge in [0.2, 0.25) is 5.91 Å². The number of pyridine rings is 1. The summed E-state index contributed by atoms with van der Waals surface area (Å²) in [6.45, 7) is 0.548. The molecule has 6 heteroatoms. The van der Waals surface area contributed by atoms with Gasteiger partial charge in [0, 0.05) is 36.9 Å². The SMILES string of the molecule is CN(CCCO)C(=O)Cn1cc(Br)ccc1=O. The Balaban J connectivity index is 2.67. The number of amides is 1. The number of aromatic nitrogens is 1. The van der Waals surface area contributed by atoms with E-state index in [1.807, 2.05) is 0 Å². The molecule has 0 atom stereocenters. The predicted molar refractivity (Wildman–Crippen MR) is 67.7 cm³/mol. The Hall–Kier alpha value is -1.14. The first kappa shape index (κ1) is 13.9. The second-order valence-corrected chi connectivity index (χ2v) is 4.62. The Morgan fingerprint density at radius 3 is 2.88 bits per heavy atom. The first-order valence-corrected chi connectivity index (χ1v) is 6.04. The molecule has 1 rings (SSSR count). The van der Waals surface area contributed by atoms with Crippen molar-refractivity contribution in [2.45, 2.75) is 13.0 Å². The van der Waals surface area contributed by atoms with Gasteiger partial charge in [-0.2, -0.15) is 0 Å². The van der Waals surface area contributed by atoms with E-state index in [0.29, 0.717) is 13.0 Å². The van der Waals surface area contributed by atoms with Crippen LogP contribution in [-0.2, 0) is 11.3 Å². The summed E-state index contributed by atoms with van der Waals surface area (Å²) >= 11 is 3.25. The molecule has 5 nitrogen and oxygen atoms in total. The van der Waals surface area contributed by atoms with Crippen molar-refractivity contribution in [1.82, 2.24) is 9.47 Å². The number of likely N-dealkylation sites (N-methyl/N-ethyl adjacent to an activating group) is 1. The summed E-state index contributed by atoms with van der Waals surface area (Å²) in [7, 11) is 1.65. The molecule has 1 heterocycles. The van der Waals surface area contributed by atoms with E-state index in [1.165, 1.54) is 15.5 Å². The van der Waals surface area contributed by atoms with Gasteiger partial charge in [-0.05, 0) is 28.4 Å². The zero-order valence-electron chi connectivity index (χ0n) is 9.60. The van der Waals surface area contributed by atoms with Crippen LogP contribution < -0.4 is 5.56 Å². The second kappa shape index (κ2) is 6.56. The maximum Gasteiger partial charge on any atom is 0.251 e. The van der Waals surface area contributed by atoms with Gasteiger partial charge in [-0.25, -0.2) is 0 Å². The van der Waals surface area contributed by atoms with E-state index in [9.17, 15) is 9.59 Å². The summed E-state index contributed by atoms with van der Waals surface area (Å²) in [6, 6.07) is 3.05. The minimum atomic E-state index is -0.211. The van der Waals surface area contributed by atoms with E-state index in [-0.39, 0.29) is 24.6 Å². The molecule has 0 bridgehead atoms. The fourth-order valence-electron chi connectivity index (χ4n) is 1.32. The molecule has 1 aromatic heterocycles. The lowest BCUT2D eigenvalue weighted by Gasteiger charge is -2.17. The molecule has 0 fully saturated rings. The lowest BCUT2D eigenvalue weighted by Crippen LogP contribution is -2.34. The van der Waals surface area contributed by atoms with E-state index >= 15 is 0 Å². The molecule has 94 valence electrons. The van der Waals surface area contributed by atoms with Crippen LogP contribution in [0.4, 0.5) is 0 Å². The number of aliphatic hydroxyl groups excluding tert-OH is 1. The highest BCUT2D eigenvalue weighted by Crippen LogP contribution is 2.05. The molecule has 0 saturated carbocycles. The Bertz CT molecular complexity index is 445. The fraction of sp³-hybridized carbons (Fsp3) is 0.455. The Labute approximate surface area is 108 Å². The number of halogens is 1. The third-order valence-electron chi connectivity index (χ3n) is 2.33. The summed E-state index contributed by atoms with van der Waals surface area (Å²) < 4.78 is 2.10. The van der Waals surface area contributed by atoms with E-state index in [4.69, 9.17) is 5.11 Å². The molecular formula is C11H15BrN2O3. The van der Waals surface area contributed by atoms with Crippen LogP contribution in [0.5, 0.6) is 0 Å². The van der Waals surface area contributed by atoms with Crippen LogP contribution in [0.1, 0.15) is 6.42 Å². The standard InChI is InChI=1S/C11H15BrN2O3/c1-13(5-2-6-15)11(17)8-14-7-9(12)3-4-10(14)16/h3-4,7,15H,2,5-6,8H2,1H3. The average molecular weight is 303 g/mol. The zero-order valence-corrected chi connectivity index (χ0v) is 11.2. The molecule has 0 aliphatic carbocycles. The maximum absolute atomic E-state index is 11.8. The van der Waals surface area contributed by atoms with Gasteiger partial charge < -0.3 is 14.6 Å². The third kappa shape index (κ3) is 4.32. The van der Waals surface area contributed by atoms with Crippen LogP contribution in [0, 0.1) is 0 Å². The van der Waals surface area contributed by atoms with Crippen LogP contribution in [0.15, 0.2) is 27.6 Å². The molecule has 0 aromatic carbocycles. The van der Waals surface area contributed by atoms with Crippen LogP contribution in [0.2, 0.25) is 0 Å². The van der Waals surface area contributed by atoms with Crippen molar-refractivity contribution >= 4 is 21.8 Å². The number of rotatable bonds is 5. The third-order valence-corrected chi connectivity index (χ3v) is 2.80. The van der Waals surface area contributed by atoms with Gasteiger partial charge in [0.1, 0.15) is 6.54 Å². The number of carbonyl (C=O) groups is 1. The Morgan fingerprint density at radius 2 is 2.24 bits per heavy atom. The van der Waals surface area contributed by atoms with Gasteiger partial charge in [-0.3, -0.25) is 9.59 Å². The summed E-state index contributed by atoms with van der Waals surface area (Å²) in [5, 5.41) is 8.67. The number of aliphatic hydroxyl groups is 1. The molecule has 1 aromatic rings. The molecule has 0 spiro atoms. The molecule has 0 aliphatic rings. The average Bonchev–Trinajstić information content (AvgIpc) is 2.30. The van der Waals surface area contributed by atoms with Crippen molar-refractivity contribution in [3.8, 4) is 0 Å². The minimum Gasteiger partial charge on any atom is -0.396 e. The highest BCUT2D eigenvalue weighted by molar-refractivity contribution is 9.10. The largest absolute Gasteiger partial charge is 0.396 e. The summed E-state index contributed by atoms with van der Waals surface area (Å²) in [4.78, 5) is 24.7. The lowest BCUT2D eigenvalue weighted by molar-refractivity contribution is -0.130. The van der Waals surface area contributed by atoms with Crippen LogP contribution in [0.3, 0.4) is 0 Å². The normalized spacial score (nSPS) is 10.3. The number of hydrogen-bond acceptors (Lipinski definition) is 3. The van der Waals surface area contributed by atoms with E-state index in [0.717, 1.165) is 4.47 Å². The number of nitrogens with zero attached hydrogens (tertiary/aromatic N) is 2. The molecule has 0 radical (unpaired) electrons. The van der Waals surface area contributed by atoms with Crippen LogP contribution in [0.25, 0.3) is 0 Å². The van der Waals surface area contributed by atoms with Crippen molar-refractivity contribution in [1.29, 1.82) is 0 Å². The maximum atomic E-state index is 11.8. The van der Waals surface area contributed by atoms with Gasteiger partial charge in [0.05, 0.1) is 0 Å². The molecule has 1 N–H and O–H groups in total. The summed E-state index contributed by atoms with van der Waals surface area (Å²) in [5.74, 6) is -0.154. The Morgan fingerprint density at radius 1 is 1.53 bits per heavy atom. The van der Waals surface area contributed by atoms with Gasteiger partial charge >= 0.3 is 0 Å². The molecular weight excluding hydrogens is 288 g/mol. The highest BCUT2D eigenvalue weighted by atomic mass is 79.9. The number of carbonyl (C=O) groups excluding carboxylic acids is 1. The predicted octanol–water partition coefficient (Wildman–Crippen LogP) is 0.452. The van der Waals surface area contributed by atoms with Crippen molar-refractivity contribution < 1.29 is 9.90 Å². The number of hydrogen-bond donors (Lipinski definition) is 1. The molecule has 1 amide bonds. The second-order valence-electron chi connectivity index (χ2n) is 3.71. The van der Waals surface area contributed by atoms with Gasteiger partial charge in [-0.15, -0.1) is 0 Å². The first-order chi connectivity index (χ1) is 8.04. The monoisotopic (exact) mass is 302 g/mol. The molecule has 17 heavy (non-hydrogen) atoms. The van der Waals surface area contributed by atoms with Crippen molar-refractivity contribution in [3.63, 3.8) is 0 Å². The van der Waals surface area contributed by atoms with Crippen LogP contribution >= 0.6 is 15.9 Å². The van der Waals surface area contributed by atoms with Crippen molar-refractivity contribution in [3.05, 3.63) is 33.2 Å². The van der Waals surface area contributed by atoms with E-state index < -0.39 is 0 Å². The highest BCUT2D eigenvalue weighted by Gasteiger charge is 2.09. The zero-order chi connectivity index (χ0) is 12.8. The van der Waals surface area contributed by atoms with Crippen LogP contribution in [-0.4, -0.2) is 40.7 Å². The van der Waals surface area contributed by atoms with Crippen molar-refractivity contribution in [2.24, 2.45) is 0 Å². The summed E-state index contributed by atoms with van der Waals surface area (Å²) in [5.41, 5.74) is -0.211. The van der Waals surface area contributed by atoms with Gasteiger partial charge in [-0.1, -0.05) is 0 Å². The van der Waals surface area contributed by atoms with Gasteiger partial charge in [0.15, 0.2) is 0 Å². The molecule has 0 aliphatic heterocycles. The Kier molecular flexibility index (Phi) is 5.37. The first-order valence-electron chi connectivity index (χ1n) is 5.25. The smallest absolute Gasteiger partial charge is 0.251 e. The molecule has 0 saturated heterocycles. The van der Waals surface area contributed by atoms with E-state index in [1.54, 1.807) is 19.3 Å². The fourth-order valence-corrected chi connectivity index (χ4v) is 1.70. The quantitative estimate of drug-likeness (QED) is 0.859. The lowest BCUT2D eigenvalue weighted by atomic mass is 10.4. The molecule has 0 unspecified atom stereocenters. The summed E-state index contributed by atoms with van der Waals surface area (Å²) in [6.07, 6.45) is 2.12.